The largest absolute Gasteiger partial charge is 0.381 e. The molecule has 1 atom stereocenters. The van der Waals surface area contributed by atoms with Crippen molar-refractivity contribution in [2.75, 3.05) is 19.8 Å². The van der Waals surface area contributed by atoms with Gasteiger partial charge in [0.15, 0.2) is 0 Å². The Morgan fingerprint density at radius 3 is 2.84 bits per heavy atom. The zero-order valence-electron chi connectivity index (χ0n) is 11.6. The van der Waals surface area contributed by atoms with E-state index >= 15 is 0 Å². The minimum absolute atomic E-state index is 0.589. The Balaban J connectivity index is 1.48. The van der Waals surface area contributed by atoms with E-state index in [9.17, 15) is 0 Å². The van der Waals surface area contributed by atoms with Crippen molar-refractivity contribution >= 4 is 11.3 Å². The van der Waals surface area contributed by atoms with Gasteiger partial charge in [-0.15, -0.1) is 11.3 Å². The molecule has 4 heteroatoms. The average molecular weight is 278 g/mol. The third kappa shape index (κ3) is 2.14. The number of hydrogen-bond acceptors (Lipinski definition) is 4. The van der Waals surface area contributed by atoms with Crippen LogP contribution in [0.4, 0.5) is 0 Å². The molecule has 3 nitrogen and oxygen atoms in total. The lowest BCUT2D eigenvalue weighted by Gasteiger charge is -2.59. The second-order valence-corrected chi connectivity index (χ2v) is 7.49. The molecular weight excluding hydrogens is 256 g/mol. The highest BCUT2D eigenvalue weighted by Gasteiger charge is 2.57. The summed E-state index contributed by atoms with van der Waals surface area (Å²) in [7, 11) is 0. The van der Waals surface area contributed by atoms with E-state index in [2.05, 4.69) is 22.2 Å². The minimum Gasteiger partial charge on any atom is -0.381 e. The van der Waals surface area contributed by atoms with Crippen molar-refractivity contribution < 1.29 is 4.74 Å². The summed E-state index contributed by atoms with van der Waals surface area (Å²) >= 11 is 1.82. The molecule has 1 aromatic rings. The fraction of sp³-hybridized carbons (Fsp3) is 0.800. The molecule has 19 heavy (non-hydrogen) atoms. The van der Waals surface area contributed by atoms with Crippen LogP contribution in [0.2, 0.25) is 0 Å². The summed E-state index contributed by atoms with van der Waals surface area (Å²) in [4.78, 5) is 7.33. The standard InChI is InChI=1S/C15H22N2OS/c1-11-9-19-13(16-11)8-17-10-15(4-6-18-7-5-15)14(17)12-2-3-12/h9,12,14H,2-8,10H2,1H3/t14-/m0/s1. The van der Waals surface area contributed by atoms with Crippen molar-refractivity contribution in [1.82, 2.24) is 9.88 Å². The van der Waals surface area contributed by atoms with Gasteiger partial charge in [-0.3, -0.25) is 4.90 Å². The first-order chi connectivity index (χ1) is 9.27. The number of aromatic nitrogens is 1. The van der Waals surface area contributed by atoms with Gasteiger partial charge >= 0.3 is 0 Å². The van der Waals surface area contributed by atoms with Crippen LogP contribution in [-0.4, -0.2) is 35.7 Å². The van der Waals surface area contributed by atoms with E-state index in [0.29, 0.717) is 5.41 Å². The van der Waals surface area contributed by atoms with Gasteiger partial charge in [-0.2, -0.15) is 0 Å². The predicted octanol–water partition coefficient (Wildman–Crippen LogP) is 2.84. The molecule has 0 N–H and O–H groups in total. The first kappa shape index (κ1) is 12.3. The van der Waals surface area contributed by atoms with E-state index in [-0.39, 0.29) is 0 Å². The van der Waals surface area contributed by atoms with Crippen LogP contribution in [-0.2, 0) is 11.3 Å². The molecule has 0 unspecified atom stereocenters. The van der Waals surface area contributed by atoms with Gasteiger partial charge in [-0.25, -0.2) is 4.98 Å². The fourth-order valence-electron chi connectivity index (χ4n) is 4.12. The Hall–Kier alpha value is -0.450. The SMILES string of the molecule is Cc1csc(CN2CC3(CCOCC3)[C@@H]2C2CC2)n1. The molecular formula is C15H22N2OS. The Bertz CT molecular complexity index is 462. The summed E-state index contributed by atoms with van der Waals surface area (Å²) < 4.78 is 5.58. The zero-order valence-corrected chi connectivity index (χ0v) is 12.4. The van der Waals surface area contributed by atoms with E-state index in [0.717, 1.165) is 31.7 Å². The van der Waals surface area contributed by atoms with Gasteiger partial charge in [0, 0.05) is 42.3 Å². The highest BCUT2D eigenvalue weighted by molar-refractivity contribution is 7.09. The second-order valence-electron chi connectivity index (χ2n) is 6.54. The van der Waals surface area contributed by atoms with E-state index < -0.39 is 0 Å². The molecule has 3 aliphatic rings. The summed E-state index contributed by atoms with van der Waals surface area (Å²) in [6.45, 7) is 6.40. The van der Waals surface area contributed by atoms with Crippen molar-refractivity contribution in [3.05, 3.63) is 16.1 Å². The third-order valence-electron chi connectivity index (χ3n) is 5.10. The lowest BCUT2D eigenvalue weighted by atomic mass is 9.64. The number of nitrogens with zero attached hydrogens (tertiary/aromatic N) is 2. The molecule has 1 saturated carbocycles. The summed E-state index contributed by atoms with van der Waals surface area (Å²) in [5.74, 6) is 0.966. The molecule has 0 bridgehead atoms. The molecule has 1 aromatic heterocycles. The number of ether oxygens (including phenoxy) is 1. The molecule has 4 rings (SSSR count). The van der Waals surface area contributed by atoms with E-state index in [4.69, 9.17) is 4.74 Å². The second kappa shape index (κ2) is 4.54. The first-order valence-corrected chi connectivity index (χ1v) is 8.38. The van der Waals surface area contributed by atoms with Gasteiger partial charge in [-0.1, -0.05) is 0 Å². The maximum atomic E-state index is 5.58. The lowest BCUT2D eigenvalue weighted by Crippen LogP contribution is -2.66. The maximum Gasteiger partial charge on any atom is 0.107 e. The third-order valence-corrected chi connectivity index (χ3v) is 6.05. The topological polar surface area (TPSA) is 25.4 Å². The van der Waals surface area contributed by atoms with Crippen LogP contribution in [0.5, 0.6) is 0 Å². The van der Waals surface area contributed by atoms with Gasteiger partial charge in [-0.05, 0) is 38.5 Å². The van der Waals surface area contributed by atoms with Crippen molar-refractivity contribution in [3.8, 4) is 0 Å². The van der Waals surface area contributed by atoms with Gasteiger partial charge in [0.25, 0.3) is 0 Å². The zero-order chi connectivity index (χ0) is 12.9. The van der Waals surface area contributed by atoms with Crippen LogP contribution in [0.3, 0.4) is 0 Å². The summed E-state index contributed by atoms with van der Waals surface area (Å²) in [5, 5.41) is 3.47. The number of aryl methyl sites for hydroxylation is 1. The lowest BCUT2D eigenvalue weighted by molar-refractivity contribution is -0.144. The van der Waals surface area contributed by atoms with Crippen LogP contribution in [0.1, 0.15) is 36.4 Å². The monoisotopic (exact) mass is 278 g/mol. The Morgan fingerprint density at radius 1 is 1.42 bits per heavy atom. The van der Waals surface area contributed by atoms with Crippen LogP contribution < -0.4 is 0 Å². The van der Waals surface area contributed by atoms with Gasteiger partial charge in [0.2, 0.25) is 0 Å². The number of hydrogen-bond donors (Lipinski definition) is 0. The molecule has 0 radical (unpaired) electrons. The minimum atomic E-state index is 0.589. The van der Waals surface area contributed by atoms with Crippen LogP contribution >= 0.6 is 11.3 Å². The molecule has 3 heterocycles. The normalized spacial score (nSPS) is 30.5. The quantitative estimate of drug-likeness (QED) is 0.850. The fourth-order valence-corrected chi connectivity index (χ4v) is 4.91. The van der Waals surface area contributed by atoms with Gasteiger partial charge < -0.3 is 4.74 Å². The summed E-state index contributed by atoms with van der Waals surface area (Å²) in [5.41, 5.74) is 1.76. The number of likely N-dealkylation sites (tertiary alicyclic amines) is 1. The van der Waals surface area contributed by atoms with Crippen LogP contribution in [0.25, 0.3) is 0 Å². The molecule has 1 aliphatic carbocycles. The smallest absolute Gasteiger partial charge is 0.107 e. The predicted molar refractivity (Wildman–Crippen MR) is 76.3 cm³/mol. The average Bonchev–Trinajstić information content (AvgIpc) is 3.12. The Labute approximate surface area is 119 Å². The maximum absolute atomic E-state index is 5.58. The molecule has 1 spiro atoms. The van der Waals surface area contributed by atoms with Crippen LogP contribution in [0.15, 0.2) is 5.38 Å². The van der Waals surface area contributed by atoms with Crippen molar-refractivity contribution in [1.29, 1.82) is 0 Å². The number of thiazole rings is 1. The first-order valence-electron chi connectivity index (χ1n) is 7.50. The van der Waals surface area contributed by atoms with Crippen LogP contribution in [0, 0.1) is 18.3 Å². The summed E-state index contributed by atoms with van der Waals surface area (Å²) in [6.07, 6.45) is 5.45. The van der Waals surface area contributed by atoms with Crippen molar-refractivity contribution in [2.24, 2.45) is 11.3 Å². The highest BCUT2D eigenvalue weighted by atomic mass is 32.1. The Morgan fingerprint density at radius 2 is 2.21 bits per heavy atom. The van der Waals surface area contributed by atoms with E-state index in [1.807, 2.05) is 11.3 Å². The highest BCUT2D eigenvalue weighted by Crippen LogP contribution is 2.55. The number of rotatable bonds is 3. The molecule has 0 amide bonds. The van der Waals surface area contributed by atoms with Gasteiger partial charge in [0.1, 0.15) is 5.01 Å². The van der Waals surface area contributed by atoms with Gasteiger partial charge in [0.05, 0.1) is 6.54 Å². The molecule has 2 aliphatic heterocycles. The molecule has 104 valence electrons. The molecule has 0 aromatic carbocycles. The van der Waals surface area contributed by atoms with Crippen molar-refractivity contribution in [3.63, 3.8) is 0 Å². The summed E-state index contributed by atoms with van der Waals surface area (Å²) in [6, 6.07) is 0.820. The van der Waals surface area contributed by atoms with E-state index in [1.54, 1.807) is 0 Å². The Kier molecular flexibility index (Phi) is 2.94. The molecule has 2 saturated heterocycles. The molecule has 3 fully saturated rings. The van der Waals surface area contributed by atoms with Crippen molar-refractivity contribution in [2.45, 2.75) is 45.2 Å². The van der Waals surface area contributed by atoms with E-state index in [1.165, 1.54) is 42.9 Å².